The zero-order valence-corrected chi connectivity index (χ0v) is 22.4. The highest BCUT2D eigenvalue weighted by atomic mass is 32.2. The van der Waals surface area contributed by atoms with Gasteiger partial charge in [-0.2, -0.15) is 0 Å². The number of hydrogen-bond acceptors (Lipinski definition) is 9. The topological polar surface area (TPSA) is 137 Å². The number of imide groups is 1. The third-order valence-corrected chi connectivity index (χ3v) is 6.57. The van der Waals surface area contributed by atoms with Crippen LogP contribution >= 0.6 is 11.8 Å². The highest BCUT2D eigenvalue weighted by Crippen LogP contribution is 2.35. The maximum Gasteiger partial charge on any atom is 0.293 e. The van der Waals surface area contributed by atoms with Gasteiger partial charge >= 0.3 is 0 Å². The van der Waals surface area contributed by atoms with Crippen LogP contribution in [0.25, 0.3) is 6.08 Å². The van der Waals surface area contributed by atoms with E-state index in [1.165, 1.54) is 31.4 Å². The molecule has 3 aromatic rings. The van der Waals surface area contributed by atoms with Crippen molar-refractivity contribution in [2.45, 2.75) is 13.5 Å². The van der Waals surface area contributed by atoms with E-state index in [1.807, 2.05) is 13.0 Å². The van der Waals surface area contributed by atoms with Crippen LogP contribution in [-0.4, -0.2) is 47.2 Å². The van der Waals surface area contributed by atoms with Crippen molar-refractivity contribution in [1.82, 2.24) is 4.90 Å². The van der Waals surface area contributed by atoms with Crippen molar-refractivity contribution in [3.8, 4) is 17.2 Å². The predicted octanol–water partition coefficient (Wildman–Crippen LogP) is 5.26. The second-order valence-electron chi connectivity index (χ2n) is 8.37. The molecule has 1 fully saturated rings. The lowest BCUT2D eigenvalue weighted by molar-refractivity contribution is -0.384. The van der Waals surface area contributed by atoms with E-state index in [9.17, 15) is 24.5 Å². The van der Waals surface area contributed by atoms with E-state index in [1.54, 1.807) is 42.5 Å². The molecule has 40 heavy (non-hydrogen) atoms. The minimum absolute atomic E-state index is 0.00674. The van der Waals surface area contributed by atoms with Crippen LogP contribution in [0.5, 0.6) is 17.2 Å². The molecule has 1 heterocycles. The predicted molar refractivity (Wildman–Crippen MR) is 149 cm³/mol. The van der Waals surface area contributed by atoms with E-state index in [4.69, 9.17) is 14.2 Å². The lowest BCUT2D eigenvalue weighted by atomic mass is 10.1. The van der Waals surface area contributed by atoms with Gasteiger partial charge in [0, 0.05) is 12.1 Å². The Bertz CT molecular complexity index is 1470. The molecule has 206 valence electrons. The van der Waals surface area contributed by atoms with Gasteiger partial charge in [0.05, 0.1) is 35.8 Å². The van der Waals surface area contributed by atoms with Crippen molar-refractivity contribution in [2.75, 3.05) is 25.6 Å². The Kier molecular flexibility index (Phi) is 9.02. The Morgan fingerprint density at radius 2 is 1.77 bits per heavy atom. The fourth-order valence-corrected chi connectivity index (χ4v) is 4.61. The van der Waals surface area contributed by atoms with E-state index in [-0.39, 0.29) is 29.7 Å². The lowest BCUT2D eigenvalue weighted by Gasteiger charge is -2.13. The minimum Gasteiger partial charge on any atom is -0.493 e. The number of benzene rings is 3. The van der Waals surface area contributed by atoms with Gasteiger partial charge in [0.15, 0.2) is 18.1 Å². The van der Waals surface area contributed by atoms with Gasteiger partial charge in [-0.05, 0) is 60.2 Å². The molecular weight excluding hydrogens is 538 g/mol. The summed E-state index contributed by atoms with van der Waals surface area (Å²) in [6, 6.07) is 17.6. The van der Waals surface area contributed by atoms with Crippen molar-refractivity contribution in [2.24, 2.45) is 0 Å². The minimum atomic E-state index is -0.519. The normalized spacial score (nSPS) is 13.8. The number of para-hydroxylation sites is 2. The highest BCUT2D eigenvalue weighted by Gasteiger charge is 2.35. The number of anilines is 1. The fourth-order valence-electron chi connectivity index (χ4n) is 3.77. The number of hydrogen-bond donors (Lipinski definition) is 1. The van der Waals surface area contributed by atoms with Gasteiger partial charge in [-0.1, -0.05) is 30.3 Å². The summed E-state index contributed by atoms with van der Waals surface area (Å²) in [6.07, 6.45) is 1.56. The molecule has 12 heteroatoms. The lowest BCUT2D eigenvalue weighted by Crippen LogP contribution is -2.27. The van der Waals surface area contributed by atoms with Gasteiger partial charge in [-0.3, -0.25) is 29.4 Å². The molecule has 0 atom stereocenters. The number of nitrogens with one attached hydrogen (secondary N) is 1. The van der Waals surface area contributed by atoms with Crippen LogP contribution in [0, 0.1) is 10.1 Å². The third-order valence-electron chi connectivity index (χ3n) is 5.67. The number of nitro benzene ring substituents is 1. The van der Waals surface area contributed by atoms with E-state index >= 15 is 0 Å². The summed E-state index contributed by atoms with van der Waals surface area (Å²) in [5.41, 5.74) is 1.62. The average Bonchev–Trinajstić information content (AvgIpc) is 3.20. The maximum absolute atomic E-state index is 12.9. The summed E-state index contributed by atoms with van der Waals surface area (Å²) in [6.45, 7) is 2.02. The number of carbonyl (C=O) groups is 3. The van der Waals surface area contributed by atoms with E-state index in [0.29, 0.717) is 40.7 Å². The highest BCUT2D eigenvalue weighted by molar-refractivity contribution is 8.18. The molecule has 1 N–H and O–H groups in total. The molecular formula is C28H25N3O8S. The average molecular weight is 564 g/mol. The van der Waals surface area contributed by atoms with Crippen molar-refractivity contribution in [3.05, 3.63) is 92.9 Å². The van der Waals surface area contributed by atoms with Crippen molar-refractivity contribution >= 4 is 46.3 Å². The van der Waals surface area contributed by atoms with Gasteiger partial charge < -0.3 is 19.5 Å². The van der Waals surface area contributed by atoms with Gasteiger partial charge in [0.1, 0.15) is 5.75 Å². The number of non-ortho nitro benzene ring substituents is 1. The molecule has 1 aliphatic heterocycles. The molecule has 3 amide bonds. The number of rotatable bonds is 11. The molecule has 0 bridgehead atoms. The zero-order chi connectivity index (χ0) is 28.6. The standard InChI is InChI=1S/C28H25N3O8S/c1-3-38-22-7-5-4-6-21(22)29-26(32)17-39-23-13-10-19(14-24(23)37-2)15-25-27(33)30(28(34)40-25)16-18-8-11-20(12-9-18)31(35)36/h4-15H,3,16-17H2,1-2H3,(H,29,32)/b25-15-. The van der Waals surface area contributed by atoms with Crippen LogP contribution in [0.4, 0.5) is 16.2 Å². The first kappa shape index (κ1) is 28.2. The molecule has 11 nitrogen and oxygen atoms in total. The first-order chi connectivity index (χ1) is 19.3. The molecule has 0 saturated carbocycles. The first-order valence-corrected chi connectivity index (χ1v) is 12.9. The van der Waals surface area contributed by atoms with Gasteiger partial charge in [0.25, 0.3) is 22.7 Å². The summed E-state index contributed by atoms with van der Waals surface area (Å²) in [7, 11) is 1.45. The quantitative estimate of drug-likeness (QED) is 0.188. The van der Waals surface area contributed by atoms with Gasteiger partial charge in [0.2, 0.25) is 0 Å². The van der Waals surface area contributed by atoms with E-state index in [2.05, 4.69) is 5.32 Å². The summed E-state index contributed by atoms with van der Waals surface area (Å²) < 4.78 is 16.6. The van der Waals surface area contributed by atoms with Crippen molar-refractivity contribution < 1.29 is 33.5 Å². The fraction of sp³-hybridized carbons (Fsp3) is 0.179. The van der Waals surface area contributed by atoms with Crippen LogP contribution < -0.4 is 19.5 Å². The smallest absolute Gasteiger partial charge is 0.293 e. The maximum atomic E-state index is 12.9. The number of carbonyl (C=O) groups excluding carboxylic acids is 3. The Hall–Kier alpha value is -4.84. The van der Waals surface area contributed by atoms with Crippen LogP contribution in [0.3, 0.4) is 0 Å². The Balaban J connectivity index is 1.40. The van der Waals surface area contributed by atoms with Crippen LogP contribution in [0.1, 0.15) is 18.1 Å². The number of amides is 3. The molecule has 1 aliphatic rings. The summed E-state index contributed by atoms with van der Waals surface area (Å²) in [5.74, 6) is 0.342. The first-order valence-electron chi connectivity index (χ1n) is 12.1. The SMILES string of the molecule is CCOc1ccccc1NC(=O)COc1ccc(/C=C2\SC(=O)N(Cc3ccc([N+](=O)[O-])cc3)C2=O)cc1OC. The monoisotopic (exact) mass is 563 g/mol. The number of methoxy groups -OCH3 is 1. The zero-order valence-electron chi connectivity index (χ0n) is 21.6. The summed E-state index contributed by atoms with van der Waals surface area (Å²) >= 11 is 0.796. The van der Waals surface area contributed by atoms with Crippen molar-refractivity contribution in [3.63, 3.8) is 0 Å². The molecule has 1 saturated heterocycles. The number of ether oxygens (including phenoxy) is 3. The molecule has 0 aliphatic carbocycles. The second-order valence-corrected chi connectivity index (χ2v) is 9.36. The van der Waals surface area contributed by atoms with Crippen LogP contribution in [0.2, 0.25) is 0 Å². The van der Waals surface area contributed by atoms with Crippen LogP contribution in [0.15, 0.2) is 71.6 Å². The van der Waals surface area contributed by atoms with Gasteiger partial charge in [-0.15, -0.1) is 0 Å². The number of nitrogens with zero attached hydrogens (tertiary/aromatic N) is 2. The molecule has 3 aromatic carbocycles. The molecule has 4 rings (SSSR count). The van der Waals surface area contributed by atoms with Crippen molar-refractivity contribution in [1.29, 1.82) is 0 Å². The number of thioether (sulfide) groups is 1. The summed E-state index contributed by atoms with van der Waals surface area (Å²) in [5, 5.41) is 13.2. The third kappa shape index (κ3) is 6.77. The van der Waals surface area contributed by atoms with Gasteiger partial charge in [-0.25, -0.2) is 0 Å². The Morgan fingerprint density at radius 1 is 1.02 bits per heavy atom. The van der Waals surface area contributed by atoms with E-state index < -0.39 is 16.1 Å². The summed E-state index contributed by atoms with van der Waals surface area (Å²) in [4.78, 5) is 49.5. The Morgan fingerprint density at radius 3 is 2.48 bits per heavy atom. The second kappa shape index (κ2) is 12.8. The molecule has 0 unspecified atom stereocenters. The molecule has 0 radical (unpaired) electrons. The molecule has 0 spiro atoms. The van der Waals surface area contributed by atoms with E-state index in [0.717, 1.165) is 16.7 Å². The largest absolute Gasteiger partial charge is 0.493 e. The molecule has 0 aromatic heterocycles. The number of nitro groups is 1. The van der Waals surface area contributed by atoms with Crippen LogP contribution in [-0.2, 0) is 16.1 Å². The Labute approximate surface area is 233 Å².